The highest BCUT2D eigenvalue weighted by molar-refractivity contribution is 5.14. The lowest BCUT2D eigenvalue weighted by atomic mass is 9.44. The fraction of sp³-hybridized carbons (Fsp3) is 0.980. The van der Waals surface area contributed by atoms with Crippen molar-refractivity contribution < 1.29 is 118 Å². The average Bonchev–Trinajstić information content (AvgIpc) is 0.718. The van der Waals surface area contributed by atoms with Gasteiger partial charge in [-0.05, 0) is 288 Å². The normalized spacial score (nSPS) is 46.1. The molecule has 0 amide bonds. The van der Waals surface area contributed by atoms with Gasteiger partial charge in [-0.1, -0.05) is 129 Å². The molecule has 0 aromatic rings. The van der Waals surface area contributed by atoms with E-state index in [4.69, 9.17) is 40.4 Å². The molecule has 0 aromatic carbocycles. The maximum absolute atomic E-state index is 12.5. The first-order valence-electron chi connectivity index (χ1n) is 48.1. The molecule has 0 spiro atoms. The van der Waals surface area contributed by atoms with Crippen LogP contribution in [0.1, 0.15) is 355 Å². The fourth-order valence-electron chi connectivity index (χ4n) is 25.8. The van der Waals surface area contributed by atoms with Crippen LogP contribution in [0.15, 0.2) is 0 Å². The summed E-state index contributed by atoms with van der Waals surface area (Å²) < 4.78 is 85.4. The molecule has 20 nitrogen and oxygen atoms in total. The van der Waals surface area contributed by atoms with Gasteiger partial charge in [-0.3, -0.25) is 0 Å². The summed E-state index contributed by atoms with van der Waals surface area (Å²) in [5.74, 6) is -2.97. The number of aliphatic hydroxyl groups excluding tert-OH is 11. The van der Waals surface area contributed by atoms with E-state index < -0.39 is 70.8 Å². The van der Waals surface area contributed by atoms with Crippen LogP contribution < -0.4 is 0 Å². The molecule has 17 fully saturated rings. The summed E-state index contributed by atoms with van der Waals surface area (Å²) in [5, 5.41) is 170. The maximum atomic E-state index is 12.5. The van der Waals surface area contributed by atoms with Crippen LogP contribution in [0, 0.1) is 139 Å². The summed E-state index contributed by atoms with van der Waals surface area (Å²) in [6.45, 7) is 32.2. The number of aliphatic hydroxyl groups is 16. The van der Waals surface area contributed by atoms with Gasteiger partial charge in [-0.25, -0.2) is 0 Å². The van der Waals surface area contributed by atoms with E-state index in [0.717, 1.165) is 205 Å². The molecule has 0 heterocycles. The smallest absolute Gasteiger partial charge is 0.394 e. The van der Waals surface area contributed by atoms with Gasteiger partial charge >= 0.3 is 12.4 Å². The van der Waals surface area contributed by atoms with E-state index in [1.807, 2.05) is 55.4 Å². The van der Waals surface area contributed by atoms with E-state index >= 15 is 0 Å². The number of nitrogens with zero attached hydrogens (tertiary/aromatic N) is 2. The molecule has 29 atom stereocenters. The SMILES string of the molecule is CC1(C)C(O)CCCC1C#N.CC1(C)C(O)CCCC1CO.CC12CC3CC(C)(C1)CC(O)(C3)C2.CC12CC3CC(O)(C1)CC(O)(C3)C2.CC1C(O)CCCC1O.CC1CCC(O)C(C(F)(F)F)C1C(F)(F)F.CC1CCCC(C#N)C1(C)O.CC1CCCC(CO)C1(C)O.CC1CCCC(O)C1O.COC1CCCC(C)C1O.COC1CCCC(O)C1C. The molecule has 0 saturated heterocycles. The maximum Gasteiger partial charge on any atom is 0.394 e. The third kappa shape index (κ3) is 31.2. The molecule has 0 aliphatic heterocycles. The number of rotatable bonds is 4. The Morgan fingerprint density at radius 3 is 1.06 bits per heavy atom. The predicted octanol–water partition coefficient (Wildman–Crippen LogP) is 16.5. The quantitative estimate of drug-likeness (QED) is 0.116. The lowest BCUT2D eigenvalue weighted by Gasteiger charge is -2.63. The van der Waals surface area contributed by atoms with Gasteiger partial charge in [0.1, 0.15) is 0 Å². The molecule has 29 unspecified atom stereocenters. The van der Waals surface area contributed by atoms with Gasteiger partial charge in [0.05, 0.1) is 131 Å². The van der Waals surface area contributed by atoms with Crippen LogP contribution in [0.2, 0.25) is 0 Å². The number of halogens is 6. The molecule has 16 N–H and O–H groups in total. The first kappa shape index (κ1) is 112. The number of alkyl halides is 6. The van der Waals surface area contributed by atoms with Crippen LogP contribution in [-0.2, 0) is 9.47 Å². The van der Waals surface area contributed by atoms with Crippen LogP contribution in [0.25, 0.3) is 0 Å². The Bertz CT molecular complexity index is 2860. The summed E-state index contributed by atoms with van der Waals surface area (Å²) in [6.07, 6.45) is 22.7. The molecule has 17 aliphatic rings. The Morgan fingerprint density at radius 2 is 0.702 bits per heavy atom. The van der Waals surface area contributed by atoms with Crippen LogP contribution in [0.3, 0.4) is 0 Å². The highest BCUT2D eigenvalue weighted by Gasteiger charge is 2.64. The van der Waals surface area contributed by atoms with E-state index in [0.29, 0.717) is 40.9 Å². The predicted molar refractivity (Wildman–Crippen MR) is 469 cm³/mol. The average molecular weight is 1780 g/mol. The molecular weight excluding hydrogens is 1610 g/mol. The van der Waals surface area contributed by atoms with Gasteiger partial charge in [-0.15, -0.1) is 0 Å². The Labute approximate surface area is 742 Å². The summed E-state index contributed by atoms with van der Waals surface area (Å²) in [7, 11) is 3.39. The van der Waals surface area contributed by atoms with E-state index in [1.54, 1.807) is 21.1 Å². The Kier molecular flexibility index (Phi) is 42.7. The van der Waals surface area contributed by atoms with Crippen molar-refractivity contribution in [1.82, 2.24) is 0 Å². The van der Waals surface area contributed by atoms with Crippen LogP contribution in [-0.4, -0.2) is 217 Å². The zero-order valence-corrected chi connectivity index (χ0v) is 79.4. The van der Waals surface area contributed by atoms with E-state index in [2.05, 4.69) is 53.7 Å². The Hall–Kier alpha value is -2.16. The molecule has 17 rings (SSSR count). The monoisotopic (exact) mass is 1780 g/mol. The minimum Gasteiger partial charge on any atom is -0.396 e. The second kappa shape index (κ2) is 47.2. The molecule has 0 radical (unpaired) electrons. The van der Waals surface area contributed by atoms with Crippen molar-refractivity contribution in [2.75, 3.05) is 27.4 Å². The molecular formula is C98H176F6N2O18. The van der Waals surface area contributed by atoms with Crippen LogP contribution in [0.5, 0.6) is 0 Å². The molecule has 8 bridgehead atoms. The Balaban J connectivity index is 0.000000243. The second-order valence-electron chi connectivity index (χ2n) is 45.3. The first-order chi connectivity index (χ1) is 57.1. The largest absolute Gasteiger partial charge is 0.396 e. The topological polar surface area (TPSA) is 390 Å². The van der Waals surface area contributed by atoms with Gasteiger partial charge in [0.25, 0.3) is 0 Å². The summed E-state index contributed by atoms with van der Waals surface area (Å²) in [4.78, 5) is 0. The van der Waals surface area contributed by atoms with Crippen LogP contribution in [0.4, 0.5) is 26.3 Å². The standard InChI is InChI=1S/C12H20O.C11H18O2.C9H12F6O.2C9H15NO.2C9H18O2.2C8H16O2.2C7H14O2/c1-10-3-9-4-11(2,6-10)8-12(13,5-9)7-10;1-9-2-8-3-10(12,5-9)7-11(13,4-8)6-9;1-4-2-3-5(16)7(9(13,14)15)6(4)8(10,11)12;1-9(2)7(6-10)4-3-5-8(9)11;1-7-4-3-5-8(6-10)9(7,2)11;1-9(2)7(6-10)4-3-5-8(9)11;1-7-4-3-5-8(6-10)9(7,2)11;1-6-7(9)4-3-5-8(6)10-2;1-6-4-3-5-7(10-2)8(6)9;1-5-6(8)3-2-4-7(5)9;1-5-3-2-4-6(8)7(5)9/h9,13H,3-8H2,1-2H3;8,12-13H,2-7H2,1H3;4-7,16H,2-3H2,1H3;2*7-8,11H,3-5H2,1-2H3;2*7-8,10-11H,3-6H2,1-2H3;2*6-9H,3-5H2,1-2H3;2*5-9H,2-4H2,1H3. The second-order valence-corrected chi connectivity index (χ2v) is 45.3. The highest BCUT2D eigenvalue weighted by Crippen LogP contribution is 2.67. The van der Waals surface area contributed by atoms with Gasteiger partial charge < -0.3 is 91.2 Å². The van der Waals surface area contributed by atoms with Crippen LogP contribution >= 0.6 is 0 Å². The minimum absolute atomic E-state index is 0.0336. The Morgan fingerprint density at radius 1 is 0.339 bits per heavy atom. The van der Waals surface area contributed by atoms with Gasteiger partial charge in [0.2, 0.25) is 0 Å². The lowest BCUT2D eigenvalue weighted by molar-refractivity contribution is -0.292. The van der Waals surface area contributed by atoms with Gasteiger partial charge in [0, 0.05) is 57.0 Å². The van der Waals surface area contributed by atoms with Gasteiger partial charge in [-0.2, -0.15) is 36.9 Å². The fourth-order valence-corrected chi connectivity index (χ4v) is 25.8. The van der Waals surface area contributed by atoms with Crippen molar-refractivity contribution in [3.63, 3.8) is 0 Å². The summed E-state index contributed by atoms with van der Waals surface area (Å²) in [6, 6.07) is 4.44. The third-order valence-corrected chi connectivity index (χ3v) is 33.5. The van der Waals surface area contributed by atoms with E-state index in [-0.39, 0.29) is 138 Å². The zero-order valence-electron chi connectivity index (χ0n) is 79.4. The molecule has 26 heteroatoms. The zero-order chi connectivity index (χ0) is 94.1. The van der Waals surface area contributed by atoms with Crippen molar-refractivity contribution in [1.29, 1.82) is 10.5 Å². The van der Waals surface area contributed by atoms with Gasteiger partial charge in [0.15, 0.2) is 0 Å². The van der Waals surface area contributed by atoms with Crippen molar-refractivity contribution in [3.05, 3.63) is 0 Å². The van der Waals surface area contributed by atoms with E-state index in [9.17, 15) is 87.6 Å². The van der Waals surface area contributed by atoms with Crippen molar-refractivity contribution in [3.8, 4) is 12.1 Å². The molecule has 17 aliphatic carbocycles. The molecule has 0 aromatic heterocycles. The number of hydrogen-bond donors (Lipinski definition) is 16. The summed E-state index contributed by atoms with van der Waals surface area (Å²) in [5.41, 5.74) is -1.84. The highest BCUT2D eigenvalue weighted by atomic mass is 19.4. The lowest BCUT2D eigenvalue weighted by Crippen LogP contribution is -2.62. The molecule has 728 valence electrons. The first-order valence-corrected chi connectivity index (χ1v) is 48.1. The number of nitriles is 2. The van der Waals surface area contributed by atoms with Crippen molar-refractivity contribution in [2.24, 2.45) is 116 Å². The van der Waals surface area contributed by atoms with Crippen molar-refractivity contribution in [2.45, 2.75) is 462 Å². The number of hydrogen-bond acceptors (Lipinski definition) is 20. The minimum atomic E-state index is -5.02. The number of ether oxygens (including phenoxy) is 2. The number of methoxy groups -OCH3 is 2. The molecule has 124 heavy (non-hydrogen) atoms. The summed E-state index contributed by atoms with van der Waals surface area (Å²) >= 11 is 0. The van der Waals surface area contributed by atoms with Crippen molar-refractivity contribution >= 4 is 0 Å². The third-order valence-electron chi connectivity index (χ3n) is 33.5. The van der Waals surface area contributed by atoms with E-state index in [1.165, 1.54) is 32.1 Å². The molecule has 17 saturated carbocycles.